The quantitative estimate of drug-likeness (QED) is 0.331. The number of nitrogens with zero attached hydrogens (tertiary/aromatic N) is 1. The summed E-state index contributed by atoms with van der Waals surface area (Å²) in [5.41, 5.74) is 3.38. The Morgan fingerprint density at radius 3 is 2.59 bits per heavy atom. The standard InChI is InChI=1S/C22H32N2O5/c1-16(2)15-28-17(3)29-24-20(25)9-8-19-7-6-18(14-23-19)10-13-22(21(26)27)11-4-5-12-22/h6-9,14,16-17H,4-5,10-13,15H2,1-3H3,(H,24,25)(H,26,27)/b9-8+. The van der Waals surface area contributed by atoms with Crippen molar-refractivity contribution in [2.24, 2.45) is 11.3 Å². The number of hydrogen-bond donors (Lipinski definition) is 2. The molecule has 0 saturated heterocycles. The molecule has 1 fully saturated rings. The van der Waals surface area contributed by atoms with Gasteiger partial charge in [0.1, 0.15) is 0 Å². The second-order valence-electron chi connectivity index (χ2n) is 8.10. The molecule has 1 saturated carbocycles. The highest BCUT2D eigenvalue weighted by molar-refractivity contribution is 5.90. The van der Waals surface area contributed by atoms with Crippen molar-refractivity contribution in [2.75, 3.05) is 6.61 Å². The average molecular weight is 405 g/mol. The van der Waals surface area contributed by atoms with Crippen molar-refractivity contribution in [3.63, 3.8) is 0 Å². The molecule has 0 aliphatic heterocycles. The third-order valence-corrected chi connectivity index (χ3v) is 5.15. The van der Waals surface area contributed by atoms with Crippen LogP contribution in [0.3, 0.4) is 0 Å². The van der Waals surface area contributed by atoms with E-state index in [2.05, 4.69) is 10.5 Å². The summed E-state index contributed by atoms with van der Waals surface area (Å²) in [5, 5.41) is 9.56. The van der Waals surface area contributed by atoms with Crippen molar-refractivity contribution in [2.45, 2.75) is 65.6 Å². The Labute approximate surface area is 172 Å². The number of aromatic nitrogens is 1. The second-order valence-corrected chi connectivity index (χ2v) is 8.10. The van der Waals surface area contributed by atoms with Crippen LogP contribution in [0.4, 0.5) is 0 Å². The number of hydroxylamine groups is 1. The number of carboxylic acid groups (broad SMARTS) is 1. The lowest BCUT2D eigenvalue weighted by Crippen LogP contribution is -2.29. The molecule has 29 heavy (non-hydrogen) atoms. The largest absolute Gasteiger partial charge is 0.481 e. The van der Waals surface area contributed by atoms with Gasteiger partial charge < -0.3 is 9.84 Å². The van der Waals surface area contributed by atoms with E-state index in [4.69, 9.17) is 9.57 Å². The van der Waals surface area contributed by atoms with Gasteiger partial charge in [-0.25, -0.2) is 10.3 Å². The van der Waals surface area contributed by atoms with E-state index in [1.807, 2.05) is 26.0 Å². The van der Waals surface area contributed by atoms with E-state index < -0.39 is 23.6 Å². The Hall–Kier alpha value is -2.25. The fourth-order valence-electron chi connectivity index (χ4n) is 3.39. The van der Waals surface area contributed by atoms with Gasteiger partial charge in [0.15, 0.2) is 6.29 Å². The number of carboxylic acids is 1. The number of aryl methyl sites for hydroxylation is 1. The van der Waals surface area contributed by atoms with Gasteiger partial charge in [-0.15, -0.1) is 0 Å². The van der Waals surface area contributed by atoms with E-state index in [1.165, 1.54) is 6.08 Å². The Balaban J connectivity index is 1.78. The summed E-state index contributed by atoms with van der Waals surface area (Å²) in [5.74, 6) is -0.696. The summed E-state index contributed by atoms with van der Waals surface area (Å²) in [7, 11) is 0. The third kappa shape index (κ3) is 7.59. The number of nitrogens with one attached hydrogen (secondary N) is 1. The maximum absolute atomic E-state index is 11.8. The lowest BCUT2D eigenvalue weighted by molar-refractivity contribution is -0.180. The molecule has 1 unspecified atom stereocenters. The van der Waals surface area contributed by atoms with E-state index in [9.17, 15) is 14.7 Å². The maximum Gasteiger partial charge on any atom is 0.309 e. The lowest BCUT2D eigenvalue weighted by atomic mass is 9.81. The van der Waals surface area contributed by atoms with Gasteiger partial charge in [0, 0.05) is 12.3 Å². The van der Waals surface area contributed by atoms with Gasteiger partial charge in [-0.3, -0.25) is 14.6 Å². The van der Waals surface area contributed by atoms with Crippen molar-refractivity contribution in [3.8, 4) is 0 Å². The highest BCUT2D eigenvalue weighted by atomic mass is 16.8. The number of amides is 1. The fourth-order valence-corrected chi connectivity index (χ4v) is 3.39. The molecule has 1 heterocycles. The van der Waals surface area contributed by atoms with Crippen molar-refractivity contribution in [1.82, 2.24) is 10.5 Å². The molecule has 1 aliphatic carbocycles. The molecule has 7 heteroatoms. The van der Waals surface area contributed by atoms with Gasteiger partial charge in [-0.2, -0.15) is 0 Å². The van der Waals surface area contributed by atoms with E-state index in [1.54, 1.807) is 19.2 Å². The van der Waals surface area contributed by atoms with Gasteiger partial charge >= 0.3 is 5.97 Å². The molecular formula is C22H32N2O5. The first-order valence-corrected chi connectivity index (χ1v) is 10.2. The normalized spacial score (nSPS) is 17.0. The van der Waals surface area contributed by atoms with Crippen LogP contribution in [0.25, 0.3) is 6.08 Å². The molecule has 0 radical (unpaired) electrons. The molecule has 1 aliphatic rings. The molecule has 1 atom stereocenters. The Morgan fingerprint density at radius 1 is 1.28 bits per heavy atom. The molecule has 7 nitrogen and oxygen atoms in total. The monoisotopic (exact) mass is 404 g/mol. The van der Waals surface area contributed by atoms with Crippen LogP contribution in [0, 0.1) is 11.3 Å². The predicted octanol–water partition coefficient (Wildman–Crippen LogP) is 3.74. The first-order chi connectivity index (χ1) is 13.8. The molecule has 2 N–H and O–H groups in total. The Morgan fingerprint density at radius 2 is 2.00 bits per heavy atom. The van der Waals surface area contributed by atoms with Gasteiger partial charge in [0.25, 0.3) is 5.91 Å². The summed E-state index contributed by atoms with van der Waals surface area (Å²) in [4.78, 5) is 32.9. The minimum absolute atomic E-state index is 0.388. The summed E-state index contributed by atoms with van der Waals surface area (Å²) in [6.07, 6.45) is 8.96. The lowest BCUT2D eigenvalue weighted by Gasteiger charge is -2.23. The predicted molar refractivity (Wildman–Crippen MR) is 110 cm³/mol. The molecule has 0 bridgehead atoms. The van der Waals surface area contributed by atoms with Gasteiger partial charge in [0.05, 0.1) is 17.7 Å². The number of carbonyl (C=O) groups is 2. The molecule has 2 rings (SSSR count). The van der Waals surface area contributed by atoms with Gasteiger partial charge in [0.2, 0.25) is 0 Å². The molecule has 1 aromatic heterocycles. The first kappa shape index (κ1) is 23.0. The molecule has 0 spiro atoms. The Bertz CT molecular complexity index is 694. The minimum atomic E-state index is -0.681. The molecule has 0 aromatic carbocycles. The van der Waals surface area contributed by atoms with E-state index in [0.717, 1.165) is 31.2 Å². The summed E-state index contributed by atoms with van der Waals surface area (Å²) >= 11 is 0. The number of hydrogen-bond acceptors (Lipinski definition) is 5. The van der Waals surface area contributed by atoms with E-state index >= 15 is 0 Å². The van der Waals surface area contributed by atoms with Crippen LogP contribution >= 0.6 is 0 Å². The SMILES string of the molecule is CC(C)COC(C)ONC(=O)/C=C/c1ccc(CCC2(C(=O)O)CCCC2)cn1. The molecule has 1 amide bonds. The zero-order valence-electron chi connectivity index (χ0n) is 17.5. The second kappa shape index (κ2) is 11.1. The number of pyridine rings is 1. The van der Waals surface area contributed by atoms with Crippen LogP contribution in [-0.4, -0.2) is 34.9 Å². The highest BCUT2D eigenvalue weighted by Crippen LogP contribution is 2.42. The highest BCUT2D eigenvalue weighted by Gasteiger charge is 2.40. The van der Waals surface area contributed by atoms with Crippen molar-refractivity contribution in [1.29, 1.82) is 0 Å². The number of rotatable bonds is 11. The average Bonchev–Trinajstić information content (AvgIpc) is 3.19. The topological polar surface area (TPSA) is 97.8 Å². The zero-order chi connectivity index (χ0) is 21.3. The molecule has 1 aromatic rings. The van der Waals surface area contributed by atoms with Crippen molar-refractivity contribution in [3.05, 3.63) is 35.7 Å². The number of aliphatic carboxylic acids is 1. The first-order valence-electron chi connectivity index (χ1n) is 10.2. The number of carbonyl (C=O) groups excluding carboxylic acids is 1. The van der Waals surface area contributed by atoms with Gasteiger partial charge in [-0.1, -0.05) is 32.8 Å². The summed E-state index contributed by atoms with van der Waals surface area (Å²) < 4.78 is 5.40. The van der Waals surface area contributed by atoms with Crippen LogP contribution < -0.4 is 5.48 Å². The van der Waals surface area contributed by atoms with Crippen molar-refractivity contribution >= 4 is 18.0 Å². The molecular weight excluding hydrogens is 372 g/mol. The Kier molecular flexibility index (Phi) is 8.79. The van der Waals surface area contributed by atoms with Crippen LogP contribution in [0.2, 0.25) is 0 Å². The summed E-state index contributed by atoms with van der Waals surface area (Å²) in [6, 6.07) is 3.74. The smallest absolute Gasteiger partial charge is 0.309 e. The fraction of sp³-hybridized carbons (Fsp3) is 0.591. The summed E-state index contributed by atoms with van der Waals surface area (Å²) in [6.45, 7) is 6.33. The van der Waals surface area contributed by atoms with Crippen LogP contribution in [0.5, 0.6) is 0 Å². The van der Waals surface area contributed by atoms with Crippen LogP contribution in [-0.2, 0) is 25.6 Å². The zero-order valence-corrected chi connectivity index (χ0v) is 17.5. The van der Waals surface area contributed by atoms with E-state index in [-0.39, 0.29) is 0 Å². The number of ether oxygens (including phenoxy) is 1. The van der Waals surface area contributed by atoms with Crippen LogP contribution in [0.1, 0.15) is 64.1 Å². The maximum atomic E-state index is 11.8. The van der Waals surface area contributed by atoms with Gasteiger partial charge in [-0.05, 0) is 56.2 Å². The minimum Gasteiger partial charge on any atom is -0.481 e. The van der Waals surface area contributed by atoms with Crippen molar-refractivity contribution < 1.29 is 24.3 Å². The molecule has 160 valence electrons. The van der Waals surface area contributed by atoms with E-state index in [0.29, 0.717) is 31.1 Å². The third-order valence-electron chi connectivity index (χ3n) is 5.15. The van der Waals surface area contributed by atoms with Crippen LogP contribution in [0.15, 0.2) is 24.4 Å².